The molecule has 7 heteroatoms. The van der Waals surface area contributed by atoms with E-state index in [1.165, 1.54) is 24.5 Å². The van der Waals surface area contributed by atoms with Crippen molar-refractivity contribution in [1.29, 1.82) is 0 Å². The molecule has 18 heavy (non-hydrogen) atoms. The molecule has 1 heterocycles. The molecule has 0 spiro atoms. The SMILES string of the molecule is CCc1ccc(S(=O)(=O)Nc2ccon2)cc1N. The van der Waals surface area contributed by atoms with Crippen LogP contribution in [0.25, 0.3) is 0 Å². The van der Waals surface area contributed by atoms with Crippen molar-refractivity contribution in [3.63, 3.8) is 0 Å². The Labute approximate surface area is 105 Å². The largest absolute Gasteiger partial charge is 0.398 e. The second kappa shape index (κ2) is 4.69. The Morgan fingerprint density at radius 3 is 2.72 bits per heavy atom. The summed E-state index contributed by atoms with van der Waals surface area (Å²) in [4.78, 5) is 0.0974. The molecule has 1 aromatic heterocycles. The van der Waals surface area contributed by atoms with Crippen molar-refractivity contribution in [1.82, 2.24) is 5.16 Å². The molecular formula is C11H13N3O3S. The van der Waals surface area contributed by atoms with E-state index in [0.29, 0.717) is 5.69 Å². The third kappa shape index (κ3) is 2.45. The Bertz CT molecular complexity index is 636. The molecule has 3 N–H and O–H groups in total. The number of aryl methyl sites for hydroxylation is 1. The number of anilines is 2. The van der Waals surface area contributed by atoms with Gasteiger partial charge in [-0.3, -0.25) is 4.72 Å². The molecule has 0 aliphatic heterocycles. The first-order valence-electron chi connectivity index (χ1n) is 5.34. The van der Waals surface area contributed by atoms with Gasteiger partial charge in [-0.15, -0.1) is 0 Å². The van der Waals surface area contributed by atoms with Gasteiger partial charge < -0.3 is 10.3 Å². The maximum absolute atomic E-state index is 12.0. The highest BCUT2D eigenvalue weighted by molar-refractivity contribution is 7.92. The van der Waals surface area contributed by atoms with Gasteiger partial charge in [0.2, 0.25) is 0 Å². The van der Waals surface area contributed by atoms with Crippen molar-refractivity contribution in [2.75, 3.05) is 10.5 Å². The molecule has 0 bridgehead atoms. The lowest BCUT2D eigenvalue weighted by molar-refractivity contribution is 0.423. The zero-order valence-electron chi connectivity index (χ0n) is 9.75. The molecule has 1 aromatic carbocycles. The topological polar surface area (TPSA) is 98.2 Å². The van der Waals surface area contributed by atoms with Gasteiger partial charge in [0, 0.05) is 11.8 Å². The van der Waals surface area contributed by atoms with Crippen LogP contribution in [0, 0.1) is 0 Å². The van der Waals surface area contributed by atoms with E-state index in [4.69, 9.17) is 5.73 Å². The fraction of sp³-hybridized carbons (Fsp3) is 0.182. The van der Waals surface area contributed by atoms with E-state index >= 15 is 0 Å². The van der Waals surface area contributed by atoms with E-state index in [9.17, 15) is 8.42 Å². The lowest BCUT2D eigenvalue weighted by Crippen LogP contribution is -2.13. The van der Waals surface area contributed by atoms with Gasteiger partial charge in [0.25, 0.3) is 10.0 Å². The summed E-state index contributed by atoms with van der Waals surface area (Å²) in [6, 6.07) is 6.06. The molecule has 2 rings (SSSR count). The summed E-state index contributed by atoms with van der Waals surface area (Å²) < 4.78 is 30.9. The highest BCUT2D eigenvalue weighted by Gasteiger charge is 2.16. The van der Waals surface area contributed by atoms with Gasteiger partial charge >= 0.3 is 0 Å². The Hall–Kier alpha value is -2.02. The van der Waals surface area contributed by atoms with Crippen LogP contribution in [0.5, 0.6) is 0 Å². The number of nitrogen functional groups attached to an aromatic ring is 1. The minimum atomic E-state index is -3.68. The summed E-state index contributed by atoms with van der Waals surface area (Å²) in [5.41, 5.74) is 7.15. The predicted molar refractivity (Wildman–Crippen MR) is 67.5 cm³/mol. The van der Waals surface area contributed by atoms with Crippen molar-refractivity contribution in [2.24, 2.45) is 0 Å². The normalized spacial score (nSPS) is 11.4. The Morgan fingerprint density at radius 1 is 1.39 bits per heavy atom. The number of hydrogen-bond acceptors (Lipinski definition) is 5. The molecule has 0 radical (unpaired) electrons. The van der Waals surface area contributed by atoms with E-state index in [1.54, 1.807) is 6.07 Å². The van der Waals surface area contributed by atoms with Crippen LogP contribution in [-0.2, 0) is 16.4 Å². The Balaban J connectivity index is 2.33. The molecule has 0 atom stereocenters. The van der Waals surface area contributed by atoms with Gasteiger partial charge in [0.1, 0.15) is 6.26 Å². The summed E-state index contributed by atoms with van der Waals surface area (Å²) in [5, 5.41) is 3.49. The zero-order chi connectivity index (χ0) is 13.2. The molecule has 0 aliphatic rings. The molecule has 0 fully saturated rings. The van der Waals surface area contributed by atoms with Gasteiger partial charge in [0.15, 0.2) is 5.82 Å². The molecule has 0 saturated carbocycles. The highest BCUT2D eigenvalue weighted by Crippen LogP contribution is 2.20. The standard InChI is InChI=1S/C11H13N3O3S/c1-2-8-3-4-9(7-10(8)12)18(15,16)14-11-5-6-17-13-11/h3-7H,2,12H2,1H3,(H,13,14). The van der Waals surface area contributed by atoms with E-state index in [0.717, 1.165) is 12.0 Å². The second-order valence-corrected chi connectivity index (χ2v) is 5.39. The summed E-state index contributed by atoms with van der Waals surface area (Å²) in [6.45, 7) is 1.95. The van der Waals surface area contributed by atoms with Gasteiger partial charge in [-0.1, -0.05) is 18.1 Å². The number of aromatic nitrogens is 1. The average molecular weight is 267 g/mol. The number of nitrogens with one attached hydrogen (secondary N) is 1. The molecule has 96 valence electrons. The van der Waals surface area contributed by atoms with Crippen LogP contribution in [0.15, 0.2) is 39.9 Å². The first-order valence-corrected chi connectivity index (χ1v) is 6.83. The molecule has 6 nitrogen and oxygen atoms in total. The fourth-order valence-corrected chi connectivity index (χ4v) is 2.55. The van der Waals surface area contributed by atoms with Crippen LogP contribution in [0.1, 0.15) is 12.5 Å². The summed E-state index contributed by atoms with van der Waals surface area (Å²) in [6.07, 6.45) is 2.04. The van der Waals surface area contributed by atoms with Crippen LogP contribution in [0.4, 0.5) is 11.5 Å². The summed E-state index contributed by atoms with van der Waals surface area (Å²) in [5.74, 6) is 0.133. The highest BCUT2D eigenvalue weighted by atomic mass is 32.2. The summed E-state index contributed by atoms with van der Waals surface area (Å²) >= 11 is 0. The smallest absolute Gasteiger partial charge is 0.263 e. The van der Waals surface area contributed by atoms with E-state index in [1.807, 2.05) is 6.92 Å². The van der Waals surface area contributed by atoms with E-state index in [-0.39, 0.29) is 10.7 Å². The van der Waals surface area contributed by atoms with Crippen LogP contribution in [0.2, 0.25) is 0 Å². The number of sulfonamides is 1. The lowest BCUT2D eigenvalue weighted by atomic mass is 10.1. The number of rotatable bonds is 4. The minimum absolute atomic E-state index is 0.0974. The van der Waals surface area contributed by atoms with Gasteiger partial charge in [-0.2, -0.15) is 0 Å². The van der Waals surface area contributed by atoms with Crippen LogP contribution >= 0.6 is 0 Å². The molecule has 0 saturated heterocycles. The third-order valence-corrected chi connectivity index (χ3v) is 3.84. The Kier molecular flexibility index (Phi) is 3.24. The van der Waals surface area contributed by atoms with Crippen molar-refractivity contribution in [3.05, 3.63) is 36.1 Å². The maximum Gasteiger partial charge on any atom is 0.263 e. The van der Waals surface area contributed by atoms with E-state index in [2.05, 4.69) is 14.4 Å². The molecule has 0 unspecified atom stereocenters. The molecule has 2 aromatic rings. The Morgan fingerprint density at radius 2 is 2.17 bits per heavy atom. The lowest BCUT2D eigenvalue weighted by Gasteiger charge is -2.08. The number of benzene rings is 1. The molecule has 0 amide bonds. The first-order chi connectivity index (χ1) is 8.53. The zero-order valence-corrected chi connectivity index (χ0v) is 10.6. The summed E-state index contributed by atoms with van der Waals surface area (Å²) in [7, 11) is -3.68. The first kappa shape index (κ1) is 12.4. The average Bonchev–Trinajstić information content (AvgIpc) is 2.81. The van der Waals surface area contributed by atoms with Crippen molar-refractivity contribution >= 4 is 21.5 Å². The second-order valence-electron chi connectivity index (χ2n) is 3.70. The van der Waals surface area contributed by atoms with Crippen molar-refractivity contribution in [3.8, 4) is 0 Å². The molecule has 0 aliphatic carbocycles. The monoisotopic (exact) mass is 267 g/mol. The van der Waals surface area contributed by atoms with Crippen molar-refractivity contribution in [2.45, 2.75) is 18.2 Å². The predicted octanol–water partition coefficient (Wildman–Crippen LogP) is 1.62. The quantitative estimate of drug-likeness (QED) is 0.820. The van der Waals surface area contributed by atoms with Gasteiger partial charge in [-0.25, -0.2) is 8.42 Å². The number of hydrogen-bond donors (Lipinski definition) is 2. The van der Waals surface area contributed by atoms with Crippen molar-refractivity contribution < 1.29 is 12.9 Å². The minimum Gasteiger partial charge on any atom is -0.398 e. The van der Waals surface area contributed by atoms with Crippen LogP contribution in [-0.4, -0.2) is 13.6 Å². The van der Waals surface area contributed by atoms with Crippen LogP contribution in [0.3, 0.4) is 0 Å². The fourth-order valence-electron chi connectivity index (χ4n) is 1.52. The maximum atomic E-state index is 12.0. The van der Waals surface area contributed by atoms with Crippen LogP contribution < -0.4 is 10.5 Å². The number of nitrogens with zero attached hydrogens (tertiary/aromatic N) is 1. The van der Waals surface area contributed by atoms with Gasteiger partial charge in [-0.05, 0) is 24.1 Å². The molecular weight excluding hydrogens is 254 g/mol. The third-order valence-electron chi connectivity index (χ3n) is 2.49. The van der Waals surface area contributed by atoms with E-state index < -0.39 is 10.0 Å². The number of nitrogens with two attached hydrogens (primary N) is 1. The van der Waals surface area contributed by atoms with Gasteiger partial charge in [0.05, 0.1) is 4.90 Å².